The second-order valence-electron chi connectivity index (χ2n) is 9.70. The van der Waals surface area contributed by atoms with Gasteiger partial charge in [0.1, 0.15) is 12.3 Å². The van der Waals surface area contributed by atoms with E-state index in [0.717, 1.165) is 34.2 Å². The maximum atomic E-state index is 13.6. The SMILES string of the molecule is CCCN(CC(=O)N(CCc1c[nH]c2ccccc12)Cc1ccc(OC)cc1)C(=O)Nc1cccc(C(F)(F)F)c1. The number of fused-ring (bicyclic) bond motifs is 1. The molecule has 3 aromatic carbocycles. The minimum Gasteiger partial charge on any atom is -0.497 e. The van der Waals surface area contributed by atoms with E-state index in [1.807, 2.05) is 61.7 Å². The van der Waals surface area contributed by atoms with Crippen molar-refractivity contribution in [1.29, 1.82) is 0 Å². The molecule has 0 aliphatic carbocycles. The highest BCUT2D eigenvalue weighted by Crippen LogP contribution is 2.30. The Morgan fingerprint density at radius 1 is 0.951 bits per heavy atom. The van der Waals surface area contributed by atoms with E-state index < -0.39 is 17.8 Å². The molecule has 41 heavy (non-hydrogen) atoms. The van der Waals surface area contributed by atoms with Gasteiger partial charge in [-0.25, -0.2) is 4.79 Å². The fourth-order valence-corrected chi connectivity index (χ4v) is 4.60. The summed E-state index contributed by atoms with van der Waals surface area (Å²) in [5.41, 5.74) is 2.12. The molecule has 3 amide bonds. The number of carbonyl (C=O) groups is 2. The summed E-state index contributed by atoms with van der Waals surface area (Å²) in [6.45, 7) is 2.63. The quantitative estimate of drug-likeness (QED) is 0.212. The minimum absolute atomic E-state index is 0.00722. The Balaban J connectivity index is 1.50. The van der Waals surface area contributed by atoms with Crippen molar-refractivity contribution in [2.24, 2.45) is 0 Å². The highest BCUT2D eigenvalue weighted by Gasteiger charge is 2.30. The standard InChI is InChI=1S/C31H33F3N4O3/c1-3-16-38(30(40)36-25-8-6-7-24(18-25)31(32,33)34)21-29(39)37(20-22-11-13-26(41-2)14-12-22)17-15-23-19-35-28-10-5-4-9-27(23)28/h4-14,18-19,35H,3,15-17,20-21H2,1-2H3,(H,36,40). The molecule has 10 heteroatoms. The number of aromatic amines is 1. The van der Waals surface area contributed by atoms with Crippen LogP contribution in [-0.2, 0) is 23.9 Å². The number of carbonyl (C=O) groups excluding carboxylic acids is 2. The number of para-hydroxylation sites is 1. The van der Waals surface area contributed by atoms with E-state index in [2.05, 4.69) is 10.3 Å². The van der Waals surface area contributed by atoms with Gasteiger partial charge in [-0.3, -0.25) is 4.79 Å². The van der Waals surface area contributed by atoms with E-state index in [0.29, 0.717) is 31.7 Å². The number of nitrogens with one attached hydrogen (secondary N) is 2. The van der Waals surface area contributed by atoms with Crippen molar-refractivity contribution in [3.63, 3.8) is 0 Å². The third-order valence-corrected chi connectivity index (χ3v) is 6.76. The number of anilines is 1. The van der Waals surface area contributed by atoms with Gasteiger partial charge >= 0.3 is 12.2 Å². The predicted molar refractivity (Wildman–Crippen MR) is 153 cm³/mol. The third kappa shape index (κ3) is 7.81. The highest BCUT2D eigenvalue weighted by molar-refractivity contribution is 5.92. The largest absolute Gasteiger partial charge is 0.497 e. The van der Waals surface area contributed by atoms with Gasteiger partial charge in [0.15, 0.2) is 0 Å². The maximum absolute atomic E-state index is 13.6. The van der Waals surface area contributed by atoms with Crippen LogP contribution in [0.1, 0.15) is 30.0 Å². The summed E-state index contributed by atoms with van der Waals surface area (Å²) in [7, 11) is 1.58. The average Bonchev–Trinajstić information content (AvgIpc) is 3.38. The second-order valence-corrected chi connectivity index (χ2v) is 9.70. The number of hydrogen-bond acceptors (Lipinski definition) is 3. The summed E-state index contributed by atoms with van der Waals surface area (Å²) in [5, 5.41) is 3.60. The molecule has 2 N–H and O–H groups in total. The lowest BCUT2D eigenvalue weighted by atomic mass is 10.1. The summed E-state index contributed by atoms with van der Waals surface area (Å²) in [6.07, 6.45) is -1.44. The summed E-state index contributed by atoms with van der Waals surface area (Å²) in [4.78, 5) is 33.0. The van der Waals surface area contributed by atoms with Crippen molar-refractivity contribution >= 4 is 28.5 Å². The van der Waals surface area contributed by atoms with Crippen LogP contribution in [0.5, 0.6) is 5.75 Å². The number of alkyl halides is 3. The lowest BCUT2D eigenvalue weighted by molar-refractivity contribution is -0.137. The summed E-state index contributed by atoms with van der Waals surface area (Å²) >= 11 is 0. The number of rotatable bonds is 11. The molecule has 0 radical (unpaired) electrons. The number of halogens is 3. The second kappa shape index (κ2) is 13.3. The first-order chi connectivity index (χ1) is 19.7. The Bertz CT molecular complexity index is 1470. The molecule has 4 aromatic rings. The maximum Gasteiger partial charge on any atom is 0.416 e. The molecular weight excluding hydrogens is 533 g/mol. The Hall–Kier alpha value is -4.47. The number of benzene rings is 3. The number of aromatic nitrogens is 1. The molecule has 0 unspecified atom stereocenters. The molecule has 0 aliphatic heterocycles. The van der Waals surface area contributed by atoms with E-state index in [4.69, 9.17) is 4.74 Å². The van der Waals surface area contributed by atoms with Crippen LogP contribution < -0.4 is 10.1 Å². The fourth-order valence-electron chi connectivity index (χ4n) is 4.60. The molecule has 0 saturated carbocycles. The van der Waals surface area contributed by atoms with Gasteiger partial charge in [0.25, 0.3) is 0 Å². The minimum atomic E-state index is -4.54. The van der Waals surface area contributed by atoms with Gasteiger partial charge in [-0.05, 0) is 60.4 Å². The van der Waals surface area contributed by atoms with Gasteiger partial charge in [-0.15, -0.1) is 0 Å². The molecule has 0 bridgehead atoms. The third-order valence-electron chi connectivity index (χ3n) is 6.76. The van der Waals surface area contributed by atoms with Crippen molar-refractivity contribution in [3.05, 3.63) is 95.7 Å². The molecule has 0 aliphatic rings. The van der Waals surface area contributed by atoms with Gasteiger partial charge in [0, 0.05) is 42.4 Å². The Morgan fingerprint density at radius 3 is 2.41 bits per heavy atom. The molecule has 0 atom stereocenters. The van der Waals surface area contributed by atoms with Crippen LogP contribution in [0.25, 0.3) is 10.9 Å². The highest BCUT2D eigenvalue weighted by atomic mass is 19.4. The number of H-pyrrole nitrogens is 1. The normalized spacial score (nSPS) is 11.3. The lowest BCUT2D eigenvalue weighted by Crippen LogP contribution is -2.45. The van der Waals surface area contributed by atoms with Crippen LogP contribution in [0.3, 0.4) is 0 Å². The Kier molecular flexibility index (Phi) is 9.54. The Morgan fingerprint density at radius 2 is 1.71 bits per heavy atom. The molecule has 1 heterocycles. The van der Waals surface area contributed by atoms with Crippen LogP contribution in [0.15, 0.2) is 79.0 Å². The molecule has 7 nitrogen and oxygen atoms in total. The topological polar surface area (TPSA) is 77.7 Å². The van der Waals surface area contributed by atoms with Crippen molar-refractivity contribution in [2.75, 3.05) is 32.1 Å². The number of methoxy groups -OCH3 is 1. The van der Waals surface area contributed by atoms with Gasteiger partial charge in [-0.1, -0.05) is 43.3 Å². The summed E-state index contributed by atoms with van der Waals surface area (Å²) < 4.78 is 44.7. The van der Waals surface area contributed by atoms with Crippen LogP contribution in [-0.4, -0.2) is 53.5 Å². The van der Waals surface area contributed by atoms with Crippen LogP contribution in [0.4, 0.5) is 23.7 Å². The van der Waals surface area contributed by atoms with E-state index in [9.17, 15) is 22.8 Å². The van der Waals surface area contributed by atoms with E-state index in [-0.39, 0.29) is 24.7 Å². The fraction of sp³-hybridized carbons (Fsp3) is 0.290. The number of nitrogens with zero attached hydrogens (tertiary/aromatic N) is 2. The molecule has 1 aromatic heterocycles. The van der Waals surface area contributed by atoms with Crippen LogP contribution in [0, 0.1) is 0 Å². The monoisotopic (exact) mass is 566 g/mol. The zero-order valence-corrected chi connectivity index (χ0v) is 23.0. The Labute approximate surface area is 236 Å². The number of urea groups is 1. The molecule has 0 fully saturated rings. The zero-order chi connectivity index (χ0) is 29.4. The number of hydrogen-bond donors (Lipinski definition) is 2. The number of ether oxygens (including phenoxy) is 1. The molecule has 216 valence electrons. The molecule has 0 saturated heterocycles. The van der Waals surface area contributed by atoms with E-state index >= 15 is 0 Å². The first kappa shape index (κ1) is 29.5. The van der Waals surface area contributed by atoms with Gasteiger partial charge in [0.2, 0.25) is 5.91 Å². The summed E-state index contributed by atoms with van der Waals surface area (Å²) in [5.74, 6) is 0.430. The predicted octanol–water partition coefficient (Wildman–Crippen LogP) is 6.71. The van der Waals surface area contributed by atoms with Crippen LogP contribution in [0.2, 0.25) is 0 Å². The first-order valence-electron chi connectivity index (χ1n) is 13.4. The number of amides is 3. The summed E-state index contributed by atoms with van der Waals surface area (Å²) in [6, 6.07) is 19.1. The van der Waals surface area contributed by atoms with Gasteiger partial charge < -0.3 is 24.8 Å². The van der Waals surface area contributed by atoms with Gasteiger partial charge in [-0.2, -0.15) is 13.2 Å². The zero-order valence-electron chi connectivity index (χ0n) is 23.0. The van der Waals surface area contributed by atoms with Crippen molar-refractivity contribution in [2.45, 2.75) is 32.5 Å². The van der Waals surface area contributed by atoms with Crippen molar-refractivity contribution < 1.29 is 27.5 Å². The lowest BCUT2D eigenvalue weighted by Gasteiger charge is -2.28. The molecular formula is C31H33F3N4O3. The van der Waals surface area contributed by atoms with Gasteiger partial charge in [0.05, 0.1) is 12.7 Å². The smallest absolute Gasteiger partial charge is 0.416 e. The molecule has 0 spiro atoms. The van der Waals surface area contributed by atoms with Crippen molar-refractivity contribution in [3.8, 4) is 5.75 Å². The first-order valence-corrected chi connectivity index (χ1v) is 13.4. The van der Waals surface area contributed by atoms with E-state index in [1.54, 1.807) is 12.0 Å². The van der Waals surface area contributed by atoms with Crippen LogP contribution >= 0.6 is 0 Å². The van der Waals surface area contributed by atoms with Crippen molar-refractivity contribution in [1.82, 2.24) is 14.8 Å². The van der Waals surface area contributed by atoms with E-state index in [1.165, 1.54) is 17.0 Å². The average molecular weight is 567 g/mol. The molecule has 4 rings (SSSR count).